The molecule has 0 atom stereocenters. The monoisotopic (exact) mass is 990 g/mol. The van der Waals surface area contributed by atoms with Crippen LogP contribution < -0.4 is 26.0 Å². The molecule has 0 aliphatic carbocycles. The quantitative estimate of drug-likeness (QED) is 0.117. The van der Waals surface area contributed by atoms with Gasteiger partial charge in [0, 0.05) is 39.3 Å². The van der Waals surface area contributed by atoms with Crippen molar-refractivity contribution in [1.29, 1.82) is 0 Å². The summed E-state index contributed by atoms with van der Waals surface area (Å²) in [5.74, 6) is 1.71. The average molecular weight is 991 g/mol. The predicted octanol–water partition coefficient (Wildman–Crippen LogP) is 17.8. The molecular weight excluding hydrogens is 944 g/mol. The van der Waals surface area contributed by atoms with Gasteiger partial charge in [-0.1, -0.05) is 249 Å². The molecule has 362 valence electrons. The minimum absolute atomic E-state index is 0.173. The second kappa shape index (κ2) is 17.7. The van der Waals surface area contributed by atoms with Crippen molar-refractivity contribution in [1.82, 2.24) is 4.57 Å². The molecule has 78 heavy (non-hydrogen) atoms. The molecule has 0 unspecified atom stereocenters. The molecule has 14 aromatic rings. The highest BCUT2D eigenvalue weighted by Gasteiger charge is 2.44. The van der Waals surface area contributed by atoms with Crippen LogP contribution in [0.3, 0.4) is 0 Å². The third kappa shape index (κ3) is 6.80. The number of ether oxygens (including phenoxy) is 1. The van der Waals surface area contributed by atoms with Crippen molar-refractivity contribution in [2.24, 2.45) is 0 Å². The minimum atomic E-state index is -0.173. The van der Waals surface area contributed by atoms with Crippen molar-refractivity contribution < 1.29 is 4.74 Å². The van der Waals surface area contributed by atoms with E-state index in [2.05, 4.69) is 295 Å². The number of benzene rings is 13. The lowest BCUT2D eigenvalue weighted by Gasteiger charge is -2.42. The average Bonchev–Trinajstić information content (AvgIpc) is 3.86. The van der Waals surface area contributed by atoms with E-state index in [9.17, 15) is 0 Å². The highest BCUT2D eigenvalue weighted by Crippen LogP contribution is 2.52. The minimum Gasteiger partial charge on any atom is -0.458 e. The van der Waals surface area contributed by atoms with E-state index in [-0.39, 0.29) is 6.71 Å². The van der Waals surface area contributed by atoms with Crippen molar-refractivity contribution in [2.45, 2.75) is 0 Å². The summed E-state index contributed by atoms with van der Waals surface area (Å²) < 4.78 is 9.84. The summed E-state index contributed by atoms with van der Waals surface area (Å²) >= 11 is 0. The van der Waals surface area contributed by atoms with Crippen molar-refractivity contribution in [3.63, 3.8) is 0 Å². The Morgan fingerprint density at radius 3 is 1.33 bits per heavy atom. The molecule has 0 radical (unpaired) electrons. The van der Waals surface area contributed by atoms with E-state index < -0.39 is 0 Å². The normalized spacial score (nSPS) is 12.4. The van der Waals surface area contributed by atoms with Crippen LogP contribution in [0.5, 0.6) is 11.5 Å². The number of rotatable bonds is 7. The highest BCUT2D eigenvalue weighted by atomic mass is 16.5. The lowest BCUT2D eigenvalue weighted by atomic mass is 9.34. The molecule has 0 amide bonds. The zero-order valence-corrected chi connectivity index (χ0v) is 42.5. The number of anilines is 3. The number of hydrogen-bond donors (Lipinski definition) is 0. The molecule has 0 saturated carbocycles. The Labute approximate surface area is 453 Å². The van der Waals surface area contributed by atoms with Gasteiger partial charge in [0.05, 0.1) is 22.4 Å². The van der Waals surface area contributed by atoms with Crippen LogP contribution in [0.15, 0.2) is 285 Å². The third-order valence-electron chi connectivity index (χ3n) is 16.4. The van der Waals surface area contributed by atoms with Gasteiger partial charge in [-0.15, -0.1) is 0 Å². The summed E-state index contributed by atoms with van der Waals surface area (Å²) in [6, 6.07) is 105. The first-order valence-corrected chi connectivity index (χ1v) is 26.9. The number of nitrogens with zero attached hydrogens (tertiary/aromatic N) is 2. The molecule has 4 heteroatoms. The lowest BCUT2D eigenvalue weighted by Crippen LogP contribution is -2.59. The summed E-state index contributed by atoms with van der Waals surface area (Å²) in [6.45, 7) is -0.173. The van der Waals surface area contributed by atoms with Crippen molar-refractivity contribution in [2.75, 3.05) is 4.90 Å². The van der Waals surface area contributed by atoms with Crippen LogP contribution in [-0.4, -0.2) is 11.3 Å². The Bertz CT molecular complexity index is 4530. The number of hydrogen-bond acceptors (Lipinski definition) is 2. The molecule has 13 aromatic carbocycles. The number of fused-ring (bicyclic) bond motifs is 9. The maximum atomic E-state index is 7.40. The van der Waals surface area contributed by atoms with Crippen LogP contribution in [0, 0.1) is 0 Å². The first-order chi connectivity index (χ1) is 38.7. The van der Waals surface area contributed by atoms with Crippen molar-refractivity contribution >= 4 is 83.5 Å². The zero-order valence-electron chi connectivity index (χ0n) is 42.5. The van der Waals surface area contributed by atoms with Crippen LogP contribution in [0.2, 0.25) is 0 Å². The van der Waals surface area contributed by atoms with E-state index in [1.807, 2.05) is 0 Å². The lowest BCUT2D eigenvalue weighted by molar-refractivity contribution is 0.487. The van der Waals surface area contributed by atoms with Crippen LogP contribution >= 0.6 is 0 Å². The highest BCUT2D eigenvalue weighted by molar-refractivity contribution is 6.99. The summed E-state index contributed by atoms with van der Waals surface area (Å²) in [5, 5.41) is 7.31. The largest absolute Gasteiger partial charge is 0.458 e. The number of para-hydroxylation sites is 3. The van der Waals surface area contributed by atoms with Gasteiger partial charge in [0.2, 0.25) is 0 Å². The standard InChI is InChI=1S/C74H47BN2O/c1-5-22-48(23-6-1)52-41-43-69-64(44-52)75-63-42-40-53(72-61-34-15-13-32-59(61)71(51-28-11-4-12-29-51)60-33-14-16-35-62(60)72)45-67(63)77(74-55(49-24-7-2-8-25-49)36-21-37-56(74)50-26-9-3-10-27-50)68-46-54(47-70(78-69)73(68)75)76-65-38-19-17-30-57(65)58-31-18-20-39-66(58)76/h1-47H. The summed E-state index contributed by atoms with van der Waals surface area (Å²) in [4.78, 5) is 2.61. The molecule has 0 N–H and O–H groups in total. The van der Waals surface area contributed by atoms with Gasteiger partial charge in [-0.3, -0.25) is 0 Å². The maximum Gasteiger partial charge on any atom is 0.256 e. The van der Waals surface area contributed by atoms with Crippen molar-refractivity contribution in [3.05, 3.63) is 285 Å². The Morgan fingerprint density at radius 1 is 0.295 bits per heavy atom. The predicted molar refractivity (Wildman–Crippen MR) is 329 cm³/mol. The van der Waals surface area contributed by atoms with E-state index in [4.69, 9.17) is 4.74 Å². The van der Waals surface area contributed by atoms with Gasteiger partial charge >= 0.3 is 0 Å². The third-order valence-corrected chi connectivity index (χ3v) is 16.4. The fraction of sp³-hybridized carbons (Fsp3) is 0. The molecule has 2 aliphatic rings. The summed E-state index contributed by atoms with van der Waals surface area (Å²) in [5.41, 5.74) is 21.8. The van der Waals surface area contributed by atoms with Crippen LogP contribution in [0.1, 0.15) is 0 Å². The first kappa shape index (κ1) is 44.2. The maximum absolute atomic E-state index is 7.40. The molecule has 2 aliphatic heterocycles. The van der Waals surface area contributed by atoms with Crippen LogP contribution in [-0.2, 0) is 0 Å². The Morgan fingerprint density at radius 2 is 0.769 bits per heavy atom. The summed E-state index contributed by atoms with van der Waals surface area (Å²) in [7, 11) is 0. The van der Waals surface area contributed by atoms with Gasteiger partial charge in [0.15, 0.2) is 0 Å². The van der Waals surface area contributed by atoms with Gasteiger partial charge < -0.3 is 14.2 Å². The molecule has 0 saturated heterocycles. The van der Waals surface area contributed by atoms with E-state index in [0.29, 0.717) is 0 Å². The van der Waals surface area contributed by atoms with Gasteiger partial charge in [-0.05, 0) is 113 Å². The SMILES string of the molecule is c1ccc(-c2ccc3c(c2)B2c4ccc(-c5c6ccccc6c(-c6ccccc6)c6ccccc56)cc4N(c4c(-c5ccccc5)cccc4-c4ccccc4)c4cc(-n5c6ccccc6c6ccccc65)cc(c42)O3)cc1. The van der Waals surface area contributed by atoms with Gasteiger partial charge in [0.1, 0.15) is 11.5 Å². The van der Waals surface area contributed by atoms with Crippen molar-refractivity contribution in [3.8, 4) is 72.8 Å². The molecule has 1 aromatic heterocycles. The molecule has 3 heterocycles. The topological polar surface area (TPSA) is 17.4 Å². The first-order valence-electron chi connectivity index (χ1n) is 26.9. The smallest absolute Gasteiger partial charge is 0.256 e. The molecule has 0 bridgehead atoms. The number of aromatic nitrogens is 1. The van der Waals surface area contributed by atoms with E-state index in [0.717, 1.165) is 89.6 Å². The van der Waals surface area contributed by atoms with E-state index in [1.54, 1.807) is 0 Å². The van der Waals surface area contributed by atoms with Gasteiger partial charge in [-0.25, -0.2) is 0 Å². The Hall–Kier alpha value is -10.2. The zero-order chi connectivity index (χ0) is 51.3. The fourth-order valence-corrected chi connectivity index (χ4v) is 13.1. The second-order valence-corrected chi connectivity index (χ2v) is 20.7. The van der Waals surface area contributed by atoms with Crippen LogP contribution in [0.4, 0.5) is 17.1 Å². The van der Waals surface area contributed by atoms with Crippen LogP contribution in [0.25, 0.3) is 105 Å². The van der Waals surface area contributed by atoms with E-state index in [1.165, 1.54) is 60.0 Å². The second-order valence-electron chi connectivity index (χ2n) is 20.7. The summed E-state index contributed by atoms with van der Waals surface area (Å²) in [6.07, 6.45) is 0. The Kier molecular flexibility index (Phi) is 10.0. The molecule has 3 nitrogen and oxygen atoms in total. The fourth-order valence-electron chi connectivity index (χ4n) is 13.1. The van der Waals surface area contributed by atoms with E-state index >= 15 is 0 Å². The van der Waals surface area contributed by atoms with Gasteiger partial charge in [0.25, 0.3) is 6.71 Å². The molecule has 16 rings (SSSR count). The molecule has 0 fully saturated rings. The molecular formula is C74H47BN2O. The van der Waals surface area contributed by atoms with Gasteiger partial charge in [-0.2, -0.15) is 0 Å². The molecule has 0 spiro atoms. The Balaban J connectivity index is 1.06.